The van der Waals surface area contributed by atoms with Gasteiger partial charge < -0.3 is 28.0 Å². The number of hydrogen-bond acceptors (Lipinski definition) is 9. The molecule has 0 bridgehead atoms. The lowest BCUT2D eigenvalue weighted by Gasteiger charge is -2.21. The molecule has 0 atom stereocenters. The molecule has 10 heteroatoms. The van der Waals surface area contributed by atoms with Gasteiger partial charge >= 0.3 is 16.1 Å². The number of carbonyl (C=O) groups is 1. The molecule has 0 aromatic heterocycles. The van der Waals surface area contributed by atoms with E-state index in [1.165, 1.54) is 27.4 Å². The van der Waals surface area contributed by atoms with Gasteiger partial charge in [-0.15, -0.1) is 0 Å². The van der Waals surface area contributed by atoms with E-state index in [4.69, 9.17) is 23.1 Å². The molecular weight excluding hydrogens is 534 g/mol. The first kappa shape index (κ1) is 30.4. The van der Waals surface area contributed by atoms with Crippen LogP contribution in [0.3, 0.4) is 0 Å². The quantitative estimate of drug-likeness (QED) is 0.167. The summed E-state index contributed by atoms with van der Waals surface area (Å²) < 4.78 is 51.9. The number of allylic oxidation sites excluding steroid dienone is 1. The highest BCUT2D eigenvalue weighted by Gasteiger charge is 2.28. The van der Waals surface area contributed by atoms with E-state index in [-0.39, 0.29) is 29.4 Å². The summed E-state index contributed by atoms with van der Waals surface area (Å²) >= 11 is 0. The largest absolute Gasteiger partial charge is 0.496 e. The Morgan fingerprint density at radius 1 is 0.875 bits per heavy atom. The minimum Gasteiger partial charge on any atom is -0.496 e. The average molecular weight is 570 g/mol. The molecule has 40 heavy (non-hydrogen) atoms. The van der Waals surface area contributed by atoms with Crippen LogP contribution in [0, 0.1) is 0 Å². The minimum atomic E-state index is -3.90. The monoisotopic (exact) mass is 569 g/mol. The van der Waals surface area contributed by atoms with Crippen LogP contribution in [0.25, 0.3) is 22.3 Å². The second-order valence-electron chi connectivity index (χ2n) is 9.38. The van der Waals surface area contributed by atoms with Crippen LogP contribution in [0.1, 0.15) is 24.2 Å². The van der Waals surface area contributed by atoms with Crippen LogP contribution in [0.4, 0.5) is 5.69 Å². The lowest BCUT2D eigenvalue weighted by Crippen LogP contribution is -2.10. The van der Waals surface area contributed by atoms with Gasteiger partial charge in [-0.1, -0.05) is 23.8 Å². The molecule has 0 aliphatic heterocycles. The predicted molar refractivity (Wildman–Crippen MR) is 156 cm³/mol. The van der Waals surface area contributed by atoms with Crippen LogP contribution in [0.15, 0.2) is 60.2 Å². The average Bonchev–Trinajstić information content (AvgIpc) is 2.91. The summed E-state index contributed by atoms with van der Waals surface area (Å²) in [4.78, 5) is 15.2. The van der Waals surface area contributed by atoms with E-state index in [2.05, 4.69) is 0 Å². The first-order valence-corrected chi connectivity index (χ1v) is 14.2. The molecule has 0 fully saturated rings. The van der Waals surface area contributed by atoms with Crippen LogP contribution >= 0.6 is 0 Å². The fourth-order valence-corrected chi connectivity index (χ4v) is 4.52. The standard InChI is InChI=1S/C30H35NO8S/c1-19(2)15-16-38-24-14-11-21(17-25(24)39-40(8,33)34)27-26(35-5)18-23(29(36-6)28(27)30(32)37-7)20-9-12-22(13-10-20)31(3)4/h9-15,17-18H,16H2,1-8H3. The highest BCUT2D eigenvalue weighted by atomic mass is 32.2. The van der Waals surface area contributed by atoms with Crippen molar-refractivity contribution in [3.05, 3.63) is 65.7 Å². The number of anilines is 1. The molecule has 0 saturated heterocycles. The Morgan fingerprint density at radius 3 is 2.05 bits per heavy atom. The third-order valence-corrected chi connectivity index (χ3v) is 6.44. The van der Waals surface area contributed by atoms with Crippen molar-refractivity contribution in [2.24, 2.45) is 0 Å². The van der Waals surface area contributed by atoms with Gasteiger partial charge in [-0.05, 0) is 61.4 Å². The maximum Gasteiger partial charge on any atom is 0.342 e. The Morgan fingerprint density at radius 2 is 1.52 bits per heavy atom. The highest BCUT2D eigenvalue weighted by Crippen LogP contribution is 2.47. The summed E-state index contributed by atoms with van der Waals surface area (Å²) in [5.74, 6) is 0.134. The van der Waals surface area contributed by atoms with E-state index in [0.717, 1.165) is 23.1 Å². The molecule has 0 radical (unpaired) electrons. The van der Waals surface area contributed by atoms with Crippen molar-refractivity contribution in [2.75, 3.05) is 53.2 Å². The van der Waals surface area contributed by atoms with E-state index in [9.17, 15) is 13.2 Å². The van der Waals surface area contributed by atoms with E-state index in [0.29, 0.717) is 22.4 Å². The van der Waals surface area contributed by atoms with Crippen molar-refractivity contribution >= 4 is 21.8 Å². The van der Waals surface area contributed by atoms with E-state index in [1.807, 2.05) is 63.2 Å². The smallest absolute Gasteiger partial charge is 0.342 e. The maximum atomic E-state index is 13.2. The van der Waals surface area contributed by atoms with Gasteiger partial charge in [0.2, 0.25) is 0 Å². The third-order valence-electron chi connectivity index (χ3n) is 5.96. The lowest BCUT2D eigenvalue weighted by molar-refractivity contribution is 0.0597. The number of carbonyl (C=O) groups excluding carboxylic acids is 1. The third kappa shape index (κ3) is 7.06. The fraction of sp³-hybridized carbons (Fsp3) is 0.300. The molecule has 9 nitrogen and oxygen atoms in total. The molecule has 0 amide bonds. The Balaban J connectivity index is 2.30. The normalized spacial score (nSPS) is 10.9. The zero-order chi connectivity index (χ0) is 29.6. The van der Waals surface area contributed by atoms with Crippen LogP contribution in [-0.4, -0.2) is 62.7 Å². The number of nitrogens with zero attached hydrogens (tertiary/aromatic N) is 1. The molecule has 0 N–H and O–H groups in total. The van der Waals surface area contributed by atoms with Crippen LogP contribution in [-0.2, 0) is 14.9 Å². The van der Waals surface area contributed by atoms with Gasteiger partial charge in [0.15, 0.2) is 11.5 Å². The summed E-state index contributed by atoms with van der Waals surface area (Å²) in [6, 6.07) is 14.3. The zero-order valence-electron chi connectivity index (χ0n) is 24.0. The van der Waals surface area contributed by atoms with Crippen LogP contribution in [0.2, 0.25) is 0 Å². The fourth-order valence-electron chi connectivity index (χ4n) is 4.06. The molecule has 3 rings (SSSR count). The Bertz CT molecular complexity index is 1510. The van der Waals surface area contributed by atoms with Crippen molar-refractivity contribution in [3.8, 4) is 45.3 Å². The van der Waals surface area contributed by atoms with Gasteiger partial charge in [0.05, 0.1) is 27.6 Å². The summed E-state index contributed by atoms with van der Waals surface area (Å²) in [5, 5.41) is 0. The van der Waals surface area contributed by atoms with E-state index in [1.54, 1.807) is 18.2 Å². The predicted octanol–water partition coefficient (Wildman–Crippen LogP) is 5.57. The highest BCUT2D eigenvalue weighted by molar-refractivity contribution is 7.86. The van der Waals surface area contributed by atoms with Crippen LogP contribution < -0.4 is 23.3 Å². The first-order chi connectivity index (χ1) is 18.9. The van der Waals surface area contributed by atoms with Crippen LogP contribution in [0.5, 0.6) is 23.0 Å². The topological polar surface area (TPSA) is 101 Å². The molecule has 3 aromatic rings. The van der Waals surface area contributed by atoms with Crippen molar-refractivity contribution in [1.82, 2.24) is 0 Å². The van der Waals surface area contributed by atoms with Crippen molar-refractivity contribution in [2.45, 2.75) is 13.8 Å². The Labute approximate surface area is 236 Å². The number of benzene rings is 3. The molecule has 0 spiro atoms. The minimum absolute atomic E-state index is 0.0395. The number of esters is 1. The molecular formula is C30H35NO8S. The van der Waals surface area contributed by atoms with Gasteiger partial charge in [-0.3, -0.25) is 0 Å². The molecule has 0 aliphatic carbocycles. The summed E-state index contributed by atoms with van der Waals surface area (Å²) in [6.45, 7) is 4.07. The first-order valence-electron chi connectivity index (χ1n) is 12.3. The van der Waals surface area contributed by atoms with Crippen molar-refractivity contribution in [1.29, 1.82) is 0 Å². The summed E-state index contributed by atoms with van der Waals surface area (Å²) in [5.41, 5.74) is 4.33. The van der Waals surface area contributed by atoms with E-state index >= 15 is 0 Å². The molecule has 0 heterocycles. The zero-order valence-corrected chi connectivity index (χ0v) is 24.8. The number of methoxy groups -OCH3 is 3. The molecule has 214 valence electrons. The van der Waals surface area contributed by atoms with Gasteiger partial charge in [0.1, 0.15) is 23.7 Å². The summed E-state index contributed by atoms with van der Waals surface area (Å²) in [7, 11) is 4.22. The van der Waals surface area contributed by atoms with Gasteiger partial charge in [-0.25, -0.2) is 4.79 Å². The van der Waals surface area contributed by atoms with Gasteiger partial charge in [0.25, 0.3) is 0 Å². The SMILES string of the molecule is COC(=O)c1c(OC)c(-c2ccc(N(C)C)cc2)cc(OC)c1-c1ccc(OCC=C(C)C)c(OS(C)(=O)=O)c1. The molecule has 3 aromatic carbocycles. The second kappa shape index (κ2) is 12.8. The molecule has 0 saturated carbocycles. The summed E-state index contributed by atoms with van der Waals surface area (Å²) in [6.07, 6.45) is 2.80. The Kier molecular flexibility index (Phi) is 9.70. The second-order valence-corrected chi connectivity index (χ2v) is 11.0. The maximum absolute atomic E-state index is 13.2. The molecule has 0 unspecified atom stereocenters. The Hall–Kier alpha value is -4.18. The van der Waals surface area contributed by atoms with Crippen molar-refractivity contribution in [3.63, 3.8) is 0 Å². The molecule has 0 aliphatic rings. The number of rotatable bonds is 11. The van der Waals surface area contributed by atoms with E-state index < -0.39 is 16.1 Å². The van der Waals surface area contributed by atoms with Gasteiger partial charge in [-0.2, -0.15) is 8.42 Å². The van der Waals surface area contributed by atoms with Crippen molar-refractivity contribution < 1.29 is 36.3 Å². The number of hydrogen-bond donors (Lipinski definition) is 0. The lowest BCUT2D eigenvalue weighted by atomic mass is 9.92. The number of ether oxygens (including phenoxy) is 4. The van der Waals surface area contributed by atoms with Gasteiger partial charge in [0, 0.05) is 30.9 Å².